The van der Waals surface area contributed by atoms with Crippen molar-refractivity contribution in [1.82, 2.24) is 4.90 Å². The van der Waals surface area contributed by atoms with Crippen LogP contribution in [0.2, 0.25) is 5.02 Å². The van der Waals surface area contributed by atoms with Crippen LogP contribution in [0.25, 0.3) is 0 Å². The number of halogens is 4. The number of carbonyl (C=O) groups excluding carboxylic acids is 1. The Morgan fingerprint density at radius 1 is 1.20 bits per heavy atom. The van der Waals surface area contributed by atoms with Gasteiger partial charge in [-0.1, -0.05) is 11.6 Å². The zero-order valence-corrected chi connectivity index (χ0v) is 11.4. The lowest BCUT2D eigenvalue weighted by Crippen LogP contribution is -2.37. The average molecular weight is 310 g/mol. The SMILES string of the molecule is O=C(CCN(CCO)CC(F)(F)F)c1ccc(Cl)cc1. The quantitative estimate of drug-likeness (QED) is 0.787. The number of benzene rings is 1. The van der Waals surface area contributed by atoms with E-state index in [0.29, 0.717) is 10.6 Å². The fourth-order valence-corrected chi connectivity index (χ4v) is 1.83. The van der Waals surface area contributed by atoms with Gasteiger partial charge >= 0.3 is 6.18 Å². The van der Waals surface area contributed by atoms with E-state index in [2.05, 4.69) is 0 Å². The van der Waals surface area contributed by atoms with Crippen molar-refractivity contribution >= 4 is 17.4 Å². The molecular weight excluding hydrogens is 295 g/mol. The molecule has 0 heterocycles. The van der Waals surface area contributed by atoms with E-state index in [4.69, 9.17) is 16.7 Å². The van der Waals surface area contributed by atoms with E-state index in [1.807, 2.05) is 0 Å². The Labute approximate surface area is 120 Å². The molecule has 0 radical (unpaired) electrons. The highest BCUT2D eigenvalue weighted by Crippen LogP contribution is 2.17. The molecule has 0 bridgehead atoms. The molecule has 0 fully saturated rings. The zero-order valence-electron chi connectivity index (χ0n) is 10.7. The van der Waals surface area contributed by atoms with Crippen LogP contribution in [0, 0.1) is 0 Å². The minimum Gasteiger partial charge on any atom is -0.395 e. The average Bonchev–Trinajstić information content (AvgIpc) is 2.35. The molecule has 1 aromatic rings. The molecule has 7 heteroatoms. The van der Waals surface area contributed by atoms with Crippen LogP contribution in [0.15, 0.2) is 24.3 Å². The van der Waals surface area contributed by atoms with Gasteiger partial charge in [-0.25, -0.2) is 0 Å². The minimum absolute atomic E-state index is 0.0439. The summed E-state index contributed by atoms with van der Waals surface area (Å²) in [7, 11) is 0. The molecule has 1 rings (SSSR count). The third kappa shape index (κ3) is 6.36. The van der Waals surface area contributed by atoms with Crippen molar-refractivity contribution < 1.29 is 23.1 Å². The monoisotopic (exact) mass is 309 g/mol. The van der Waals surface area contributed by atoms with E-state index in [1.54, 1.807) is 12.1 Å². The van der Waals surface area contributed by atoms with Crippen molar-refractivity contribution in [3.63, 3.8) is 0 Å². The number of alkyl halides is 3. The Bertz CT molecular complexity index is 434. The molecule has 0 saturated heterocycles. The summed E-state index contributed by atoms with van der Waals surface area (Å²) in [6, 6.07) is 6.17. The first-order valence-electron chi connectivity index (χ1n) is 6.00. The molecule has 0 aliphatic carbocycles. The summed E-state index contributed by atoms with van der Waals surface area (Å²) in [6.45, 7) is -1.69. The number of nitrogens with zero attached hydrogens (tertiary/aromatic N) is 1. The number of Topliss-reactive ketones (excluding diaryl/α,β-unsaturated/α-hetero) is 1. The highest BCUT2D eigenvalue weighted by atomic mass is 35.5. The standard InChI is InChI=1S/C13H15ClF3NO2/c14-11-3-1-10(2-4-11)12(20)5-6-18(7-8-19)9-13(15,16)17/h1-4,19H,5-9H2. The maximum absolute atomic E-state index is 12.3. The summed E-state index contributed by atoms with van der Waals surface area (Å²) in [5.74, 6) is -0.258. The van der Waals surface area contributed by atoms with Gasteiger partial charge in [0.25, 0.3) is 0 Å². The van der Waals surface area contributed by atoms with E-state index in [-0.39, 0.29) is 31.9 Å². The minimum atomic E-state index is -4.35. The van der Waals surface area contributed by atoms with Crippen LogP contribution in [0.4, 0.5) is 13.2 Å². The molecular formula is C13H15ClF3NO2. The van der Waals surface area contributed by atoms with Crippen LogP contribution < -0.4 is 0 Å². The molecule has 0 atom stereocenters. The molecule has 1 N–H and O–H groups in total. The van der Waals surface area contributed by atoms with Gasteiger partial charge in [-0.2, -0.15) is 13.2 Å². The molecule has 3 nitrogen and oxygen atoms in total. The Hall–Kier alpha value is -1.11. The number of aliphatic hydroxyl groups is 1. The highest BCUT2D eigenvalue weighted by Gasteiger charge is 2.30. The van der Waals surface area contributed by atoms with Crippen molar-refractivity contribution in [3.05, 3.63) is 34.9 Å². The van der Waals surface area contributed by atoms with Gasteiger partial charge in [0.05, 0.1) is 13.2 Å². The summed E-state index contributed by atoms with van der Waals surface area (Å²) in [6.07, 6.45) is -4.39. The Morgan fingerprint density at radius 2 is 1.80 bits per heavy atom. The summed E-state index contributed by atoms with van der Waals surface area (Å²) >= 11 is 5.69. The van der Waals surface area contributed by atoms with Gasteiger partial charge in [-0.05, 0) is 24.3 Å². The zero-order chi connectivity index (χ0) is 15.2. The molecule has 0 aliphatic heterocycles. The third-order valence-corrected chi connectivity index (χ3v) is 2.89. The molecule has 0 saturated carbocycles. The highest BCUT2D eigenvalue weighted by molar-refractivity contribution is 6.30. The lowest BCUT2D eigenvalue weighted by Gasteiger charge is -2.22. The van der Waals surface area contributed by atoms with Gasteiger partial charge in [0.1, 0.15) is 0 Å². The summed E-state index contributed by atoms with van der Waals surface area (Å²) in [5.41, 5.74) is 0.408. The first kappa shape index (κ1) is 16.9. The van der Waals surface area contributed by atoms with Crippen LogP contribution in [0.1, 0.15) is 16.8 Å². The Morgan fingerprint density at radius 3 is 2.30 bits per heavy atom. The Kier molecular flexibility index (Phi) is 6.45. The summed E-state index contributed by atoms with van der Waals surface area (Å²) in [4.78, 5) is 12.8. The second-order valence-corrected chi connectivity index (χ2v) is 4.73. The van der Waals surface area contributed by atoms with Crippen molar-refractivity contribution in [2.75, 3.05) is 26.2 Å². The molecule has 0 aliphatic rings. The van der Waals surface area contributed by atoms with E-state index in [1.165, 1.54) is 12.1 Å². The van der Waals surface area contributed by atoms with Gasteiger partial charge in [0.2, 0.25) is 0 Å². The van der Waals surface area contributed by atoms with E-state index >= 15 is 0 Å². The largest absolute Gasteiger partial charge is 0.401 e. The molecule has 1 aromatic carbocycles. The van der Waals surface area contributed by atoms with Crippen LogP contribution in [0.3, 0.4) is 0 Å². The number of aliphatic hydroxyl groups excluding tert-OH is 1. The van der Waals surface area contributed by atoms with Crippen molar-refractivity contribution in [3.8, 4) is 0 Å². The maximum Gasteiger partial charge on any atom is 0.401 e. The van der Waals surface area contributed by atoms with Crippen molar-refractivity contribution in [2.45, 2.75) is 12.6 Å². The first-order chi connectivity index (χ1) is 9.31. The normalized spacial score (nSPS) is 11.9. The summed E-state index contributed by atoms with van der Waals surface area (Å²) in [5, 5.41) is 9.22. The van der Waals surface area contributed by atoms with Crippen LogP contribution >= 0.6 is 11.6 Å². The number of rotatable bonds is 7. The topological polar surface area (TPSA) is 40.5 Å². The smallest absolute Gasteiger partial charge is 0.395 e. The van der Waals surface area contributed by atoms with Gasteiger partial charge in [-0.15, -0.1) is 0 Å². The fraction of sp³-hybridized carbons (Fsp3) is 0.462. The van der Waals surface area contributed by atoms with E-state index < -0.39 is 12.7 Å². The first-order valence-corrected chi connectivity index (χ1v) is 6.38. The molecule has 112 valence electrons. The number of hydrogen-bond acceptors (Lipinski definition) is 3. The van der Waals surface area contributed by atoms with E-state index in [0.717, 1.165) is 4.90 Å². The predicted octanol–water partition coefficient (Wildman–Crippen LogP) is 2.77. The molecule has 0 spiro atoms. The van der Waals surface area contributed by atoms with Crippen LogP contribution in [-0.4, -0.2) is 48.2 Å². The molecule has 0 unspecified atom stereocenters. The van der Waals surface area contributed by atoms with Gasteiger partial charge in [0, 0.05) is 30.1 Å². The second kappa shape index (κ2) is 7.61. The van der Waals surface area contributed by atoms with Crippen molar-refractivity contribution in [1.29, 1.82) is 0 Å². The predicted molar refractivity (Wildman–Crippen MR) is 70.0 cm³/mol. The number of hydrogen-bond donors (Lipinski definition) is 1. The van der Waals surface area contributed by atoms with Crippen LogP contribution in [-0.2, 0) is 0 Å². The van der Waals surface area contributed by atoms with Crippen LogP contribution in [0.5, 0.6) is 0 Å². The van der Waals surface area contributed by atoms with Gasteiger partial charge in [0.15, 0.2) is 5.78 Å². The fourth-order valence-electron chi connectivity index (χ4n) is 1.70. The number of carbonyl (C=O) groups is 1. The second-order valence-electron chi connectivity index (χ2n) is 4.30. The third-order valence-electron chi connectivity index (χ3n) is 2.64. The molecule has 0 aromatic heterocycles. The Balaban J connectivity index is 2.54. The lowest BCUT2D eigenvalue weighted by molar-refractivity contribution is -0.146. The lowest BCUT2D eigenvalue weighted by atomic mass is 10.1. The van der Waals surface area contributed by atoms with Crippen molar-refractivity contribution in [2.24, 2.45) is 0 Å². The van der Waals surface area contributed by atoms with E-state index in [9.17, 15) is 18.0 Å². The molecule has 0 amide bonds. The number of ketones is 1. The van der Waals surface area contributed by atoms with Gasteiger partial charge < -0.3 is 5.11 Å². The van der Waals surface area contributed by atoms with Gasteiger partial charge in [-0.3, -0.25) is 9.69 Å². The maximum atomic E-state index is 12.3. The summed E-state index contributed by atoms with van der Waals surface area (Å²) < 4.78 is 36.9. The molecule has 20 heavy (non-hydrogen) atoms.